The first-order chi connectivity index (χ1) is 6.79. The first-order valence-corrected chi connectivity index (χ1v) is 5.03. The number of benzene rings is 1. The predicted octanol–water partition coefficient (Wildman–Crippen LogP) is 3.14. The van der Waals surface area contributed by atoms with E-state index in [1.807, 2.05) is 0 Å². The molecule has 0 heterocycles. The van der Waals surface area contributed by atoms with Crippen LogP contribution in [0.15, 0.2) is 18.2 Å². The van der Waals surface area contributed by atoms with Crippen LogP contribution in [0.25, 0.3) is 0 Å². The Kier molecular flexibility index (Phi) is 2.60. The Morgan fingerprint density at radius 3 is 2.79 bits per heavy atom. The maximum Gasteiger partial charge on any atom is 0.138 e. The molecule has 0 amide bonds. The monoisotopic (exact) mass is 207 g/mol. The normalized spacial score (nSPS) is 15.7. The summed E-state index contributed by atoms with van der Waals surface area (Å²) in [7, 11) is 0. The summed E-state index contributed by atoms with van der Waals surface area (Å²) < 4.78 is 5.65. The van der Waals surface area contributed by atoms with Crippen molar-refractivity contribution in [1.29, 1.82) is 5.26 Å². The van der Waals surface area contributed by atoms with Gasteiger partial charge in [0.1, 0.15) is 11.8 Å². The SMILES string of the molecule is N#Cc1ccc(Cl)cc1OC1CCC1. The highest BCUT2D eigenvalue weighted by Gasteiger charge is 2.20. The Labute approximate surface area is 88.1 Å². The molecule has 1 saturated carbocycles. The maximum absolute atomic E-state index is 8.84. The molecule has 0 unspecified atom stereocenters. The highest BCUT2D eigenvalue weighted by molar-refractivity contribution is 6.30. The molecule has 0 atom stereocenters. The molecule has 1 aliphatic carbocycles. The van der Waals surface area contributed by atoms with E-state index in [2.05, 4.69) is 6.07 Å². The summed E-state index contributed by atoms with van der Waals surface area (Å²) in [4.78, 5) is 0. The number of hydrogen-bond acceptors (Lipinski definition) is 2. The van der Waals surface area contributed by atoms with Gasteiger partial charge in [0.05, 0.1) is 11.7 Å². The highest BCUT2D eigenvalue weighted by Crippen LogP contribution is 2.29. The number of nitrogens with zero attached hydrogens (tertiary/aromatic N) is 1. The van der Waals surface area contributed by atoms with Gasteiger partial charge in [-0.3, -0.25) is 0 Å². The molecule has 0 spiro atoms. The Morgan fingerprint density at radius 2 is 2.21 bits per heavy atom. The molecule has 3 heteroatoms. The summed E-state index contributed by atoms with van der Waals surface area (Å²) in [6.07, 6.45) is 3.66. The van der Waals surface area contributed by atoms with Crippen molar-refractivity contribution in [3.8, 4) is 11.8 Å². The maximum atomic E-state index is 8.84. The topological polar surface area (TPSA) is 33.0 Å². The van der Waals surface area contributed by atoms with Crippen molar-refractivity contribution in [2.75, 3.05) is 0 Å². The quantitative estimate of drug-likeness (QED) is 0.747. The van der Waals surface area contributed by atoms with Gasteiger partial charge in [-0.1, -0.05) is 11.6 Å². The molecule has 1 fully saturated rings. The smallest absolute Gasteiger partial charge is 0.138 e. The first kappa shape index (κ1) is 9.36. The van der Waals surface area contributed by atoms with Gasteiger partial charge in [0.25, 0.3) is 0 Å². The second-order valence-electron chi connectivity index (χ2n) is 3.42. The van der Waals surface area contributed by atoms with Crippen LogP contribution in [0.2, 0.25) is 5.02 Å². The van der Waals surface area contributed by atoms with E-state index < -0.39 is 0 Å². The lowest BCUT2D eigenvalue weighted by Crippen LogP contribution is -2.24. The summed E-state index contributed by atoms with van der Waals surface area (Å²) >= 11 is 5.83. The number of nitriles is 1. The van der Waals surface area contributed by atoms with Crippen LogP contribution in [0.3, 0.4) is 0 Å². The van der Waals surface area contributed by atoms with Gasteiger partial charge in [-0.25, -0.2) is 0 Å². The van der Waals surface area contributed by atoms with E-state index in [0.717, 1.165) is 12.8 Å². The minimum Gasteiger partial charge on any atom is -0.489 e. The van der Waals surface area contributed by atoms with Gasteiger partial charge in [0, 0.05) is 11.1 Å². The molecule has 0 aromatic heterocycles. The van der Waals surface area contributed by atoms with Crippen LogP contribution in [0.5, 0.6) is 5.75 Å². The van der Waals surface area contributed by atoms with Gasteiger partial charge in [-0.2, -0.15) is 5.26 Å². The second kappa shape index (κ2) is 3.89. The number of rotatable bonds is 2. The summed E-state index contributed by atoms with van der Waals surface area (Å²) in [5.41, 5.74) is 0.557. The molecule has 1 aromatic rings. The predicted molar refractivity (Wildman–Crippen MR) is 54.4 cm³/mol. The van der Waals surface area contributed by atoms with Crippen LogP contribution in [0.1, 0.15) is 24.8 Å². The van der Waals surface area contributed by atoms with Crippen molar-refractivity contribution in [2.45, 2.75) is 25.4 Å². The van der Waals surface area contributed by atoms with Crippen LogP contribution in [0, 0.1) is 11.3 Å². The van der Waals surface area contributed by atoms with Crippen molar-refractivity contribution in [2.24, 2.45) is 0 Å². The third kappa shape index (κ3) is 1.83. The van der Waals surface area contributed by atoms with Crippen LogP contribution in [-0.2, 0) is 0 Å². The van der Waals surface area contributed by atoms with E-state index >= 15 is 0 Å². The zero-order valence-electron chi connectivity index (χ0n) is 7.66. The molecule has 1 aromatic carbocycles. The van der Waals surface area contributed by atoms with E-state index in [1.165, 1.54) is 6.42 Å². The minimum atomic E-state index is 0.278. The summed E-state index contributed by atoms with van der Waals surface area (Å²) in [5.74, 6) is 0.615. The van der Waals surface area contributed by atoms with Crippen molar-refractivity contribution in [3.05, 3.63) is 28.8 Å². The van der Waals surface area contributed by atoms with Crippen LogP contribution < -0.4 is 4.74 Å². The molecular weight excluding hydrogens is 198 g/mol. The van der Waals surface area contributed by atoms with Gasteiger partial charge >= 0.3 is 0 Å². The van der Waals surface area contributed by atoms with Gasteiger partial charge in [0.15, 0.2) is 0 Å². The van der Waals surface area contributed by atoms with E-state index in [1.54, 1.807) is 18.2 Å². The number of hydrogen-bond donors (Lipinski definition) is 0. The molecule has 2 nitrogen and oxygen atoms in total. The second-order valence-corrected chi connectivity index (χ2v) is 3.86. The average Bonchev–Trinajstić information content (AvgIpc) is 2.12. The van der Waals surface area contributed by atoms with E-state index in [4.69, 9.17) is 21.6 Å². The summed E-state index contributed by atoms with van der Waals surface area (Å²) in [6, 6.07) is 7.19. The van der Waals surface area contributed by atoms with Gasteiger partial charge in [-0.05, 0) is 31.4 Å². The molecule has 1 aliphatic rings. The van der Waals surface area contributed by atoms with Crippen molar-refractivity contribution >= 4 is 11.6 Å². The molecule has 72 valence electrons. The molecule has 0 saturated heterocycles. The fourth-order valence-electron chi connectivity index (χ4n) is 1.35. The van der Waals surface area contributed by atoms with Gasteiger partial charge in [-0.15, -0.1) is 0 Å². The molecule has 2 rings (SSSR count). The van der Waals surface area contributed by atoms with E-state index in [9.17, 15) is 0 Å². The Bertz CT molecular complexity index is 379. The lowest BCUT2D eigenvalue weighted by atomic mass is 9.96. The van der Waals surface area contributed by atoms with Crippen molar-refractivity contribution < 1.29 is 4.74 Å². The third-order valence-corrected chi connectivity index (χ3v) is 2.65. The van der Waals surface area contributed by atoms with Gasteiger partial charge in [0.2, 0.25) is 0 Å². The van der Waals surface area contributed by atoms with E-state index in [-0.39, 0.29) is 6.10 Å². The molecule has 14 heavy (non-hydrogen) atoms. The lowest BCUT2D eigenvalue weighted by Gasteiger charge is -2.26. The molecule has 0 aliphatic heterocycles. The Balaban J connectivity index is 2.21. The average molecular weight is 208 g/mol. The number of halogens is 1. The third-order valence-electron chi connectivity index (χ3n) is 2.41. The van der Waals surface area contributed by atoms with Crippen molar-refractivity contribution in [1.82, 2.24) is 0 Å². The minimum absolute atomic E-state index is 0.278. The van der Waals surface area contributed by atoms with Gasteiger partial charge < -0.3 is 4.74 Å². The zero-order chi connectivity index (χ0) is 9.97. The number of ether oxygens (including phenoxy) is 1. The molecule has 0 N–H and O–H groups in total. The summed E-state index contributed by atoms with van der Waals surface area (Å²) in [6.45, 7) is 0. The van der Waals surface area contributed by atoms with Crippen LogP contribution in [0.4, 0.5) is 0 Å². The Morgan fingerprint density at radius 1 is 1.43 bits per heavy atom. The molecule has 0 bridgehead atoms. The summed E-state index contributed by atoms with van der Waals surface area (Å²) in [5, 5.41) is 9.45. The fourth-order valence-corrected chi connectivity index (χ4v) is 1.52. The van der Waals surface area contributed by atoms with Crippen LogP contribution >= 0.6 is 11.6 Å². The standard InChI is InChI=1S/C11H10ClNO/c12-9-5-4-8(7-13)11(6-9)14-10-2-1-3-10/h4-6,10H,1-3H2. The largest absolute Gasteiger partial charge is 0.489 e. The lowest BCUT2D eigenvalue weighted by molar-refractivity contribution is 0.120. The molecule has 0 radical (unpaired) electrons. The van der Waals surface area contributed by atoms with Crippen molar-refractivity contribution in [3.63, 3.8) is 0 Å². The first-order valence-electron chi connectivity index (χ1n) is 4.66. The zero-order valence-corrected chi connectivity index (χ0v) is 8.42. The van der Waals surface area contributed by atoms with E-state index in [0.29, 0.717) is 16.3 Å². The fraction of sp³-hybridized carbons (Fsp3) is 0.364. The highest BCUT2D eigenvalue weighted by atomic mass is 35.5. The van der Waals surface area contributed by atoms with Crippen LogP contribution in [-0.4, -0.2) is 6.10 Å². The Hall–Kier alpha value is -1.20. The molecular formula is C11H10ClNO.